The normalized spacial score (nSPS) is 42.9. The third-order valence-corrected chi connectivity index (χ3v) is 6.16. The molecule has 2 aliphatic rings. The van der Waals surface area contributed by atoms with E-state index in [1.807, 2.05) is 0 Å². The molecular weight excluding hydrogens is 230 g/mol. The number of rotatable bonds is 4. The summed E-state index contributed by atoms with van der Waals surface area (Å²) in [5.74, 6) is 0.926. The fraction of sp³-hybridized carbons (Fsp3) is 1.00. The lowest BCUT2D eigenvalue weighted by Crippen LogP contribution is -2.40. The highest BCUT2D eigenvalue weighted by molar-refractivity contribution is 8.00. The van der Waals surface area contributed by atoms with Crippen molar-refractivity contribution in [3.63, 3.8) is 0 Å². The van der Waals surface area contributed by atoms with E-state index in [2.05, 4.69) is 25.6 Å². The Morgan fingerprint density at radius 1 is 1.24 bits per heavy atom. The van der Waals surface area contributed by atoms with Crippen molar-refractivity contribution in [2.24, 2.45) is 11.7 Å². The van der Waals surface area contributed by atoms with Gasteiger partial charge in [0.1, 0.15) is 0 Å². The maximum atomic E-state index is 6.30. The Labute approximate surface area is 110 Å². The highest BCUT2D eigenvalue weighted by atomic mass is 32.2. The molecule has 100 valence electrons. The third kappa shape index (κ3) is 3.62. The summed E-state index contributed by atoms with van der Waals surface area (Å²) >= 11 is 2.12. The summed E-state index contributed by atoms with van der Waals surface area (Å²) in [4.78, 5) is 0. The van der Waals surface area contributed by atoms with E-state index in [1.54, 1.807) is 0 Å². The average Bonchev–Trinajstić information content (AvgIpc) is 2.70. The van der Waals surface area contributed by atoms with Crippen LogP contribution in [0.5, 0.6) is 0 Å². The number of thioether (sulfide) groups is 1. The van der Waals surface area contributed by atoms with Gasteiger partial charge in [0.15, 0.2) is 0 Å². The molecule has 1 heterocycles. The fourth-order valence-electron chi connectivity index (χ4n) is 3.18. The summed E-state index contributed by atoms with van der Waals surface area (Å²) in [5.41, 5.74) is 6.30. The van der Waals surface area contributed by atoms with E-state index in [9.17, 15) is 0 Å². The summed E-state index contributed by atoms with van der Waals surface area (Å²) in [6.45, 7) is 5.45. The Balaban J connectivity index is 1.84. The minimum absolute atomic E-state index is 0.418. The maximum Gasteiger partial charge on any atom is 0.0666 e. The van der Waals surface area contributed by atoms with E-state index in [-0.39, 0.29) is 0 Å². The van der Waals surface area contributed by atoms with Crippen molar-refractivity contribution in [1.82, 2.24) is 0 Å². The predicted octanol–water partition coefficient (Wildman–Crippen LogP) is 3.19. The van der Waals surface area contributed by atoms with Crippen LogP contribution in [0.25, 0.3) is 0 Å². The minimum Gasteiger partial charge on any atom is -0.377 e. The molecule has 0 aromatic heterocycles. The molecule has 1 saturated carbocycles. The van der Waals surface area contributed by atoms with Gasteiger partial charge >= 0.3 is 0 Å². The lowest BCUT2D eigenvalue weighted by atomic mass is 9.83. The van der Waals surface area contributed by atoms with Gasteiger partial charge in [-0.05, 0) is 38.5 Å². The molecule has 1 aliphatic carbocycles. The molecule has 1 aliphatic heterocycles. The zero-order chi connectivity index (χ0) is 12.3. The first kappa shape index (κ1) is 13.7. The topological polar surface area (TPSA) is 35.2 Å². The van der Waals surface area contributed by atoms with Crippen LogP contribution in [0, 0.1) is 5.92 Å². The number of nitrogens with two attached hydrogens (primary N) is 1. The summed E-state index contributed by atoms with van der Waals surface area (Å²) in [7, 11) is 0. The van der Waals surface area contributed by atoms with Crippen molar-refractivity contribution in [3.05, 3.63) is 0 Å². The van der Waals surface area contributed by atoms with Gasteiger partial charge in [0.2, 0.25) is 0 Å². The first-order chi connectivity index (χ1) is 8.20. The van der Waals surface area contributed by atoms with E-state index in [1.165, 1.54) is 38.5 Å². The molecule has 0 spiro atoms. The summed E-state index contributed by atoms with van der Waals surface area (Å²) in [5, 5.41) is 1.36. The molecule has 2 rings (SSSR count). The van der Waals surface area contributed by atoms with E-state index in [4.69, 9.17) is 10.5 Å². The fourth-order valence-corrected chi connectivity index (χ4v) is 4.88. The molecule has 0 aromatic carbocycles. The number of hydrogen-bond donors (Lipinski definition) is 1. The minimum atomic E-state index is 0.418. The molecule has 5 atom stereocenters. The van der Waals surface area contributed by atoms with Gasteiger partial charge in [0, 0.05) is 23.1 Å². The van der Waals surface area contributed by atoms with Crippen LogP contribution < -0.4 is 5.73 Å². The molecule has 3 heteroatoms. The molecule has 17 heavy (non-hydrogen) atoms. The molecule has 0 radical (unpaired) electrons. The maximum absolute atomic E-state index is 6.30. The number of hydrogen-bond acceptors (Lipinski definition) is 3. The highest BCUT2D eigenvalue weighted by Gasteiger charge is 2.33. The van der Waals surface area contributed by atoms with Gasteiger partial charge in [-0.15, -0.1) is 0 Å². The lowest BCUT2D eigenvalue weighted by molar-refractivity contribution is 0.127. The monoisotopic (exact) mass is 257 g/mol. The first-order valence-corrected chi connectivity index (χ1v) is 8.17. The molecule has 2 fully saturated rings. The molecule has 0 bridgehead atoms. The van der Waals surface area contributed by atoms with E-state index in [0.717, 1.165) is 12.5 Å². The number of ether oxygens (including phenoxy) is 1. The van der Waals surface area contributed by atoms with Crippen LogP contribution in [-0.4, -0.2) is 29.3 Å². The van der Waals surface area contributed by atoms with E-state index in [0.29, 0.717) is 22.6 Å². The van der Waals surface area contributed by atoms with Crippen LogP contribution in [0.2, 0.25) is 0 Å². The van der Waals surface area contributed by atoms with Gasteiger partial charge in [-0.2, -0.15) is 11.8 Å². The quantitative estimate of drug-likeness (QED) is 0.840. The molecule has 5 unspecified atom stereocenters. The van der Waals surface area contributed by atoms with Crippen molar-refractivity contribution in [2.45, 2.75) is 75.0 Å². The second-order valence-electron chi connectivity index (χ2n) is 5.71. The van der Waals surface area contributed by atoms with Gasteiger partial charge < -0.3 is 10.5 Å². The van der Waals surface area contributed by atoms with Gasteiger partial charge in [-0.25, -0.2) is 0 Å². The lowest BCUT2D eigenvalue weighted by Gasteiger charge is -2.35. The molecule has 2 nitrogen and oxygen atoms in total. The zero-order valence-corrected chi connectivity index (χ0v) is 12.0. The van der Waals surface area contributed by atoms with E-state index < -0.39 is 0 Å². The second-order valence-corrected chi connectivity index (χ2v) is 7.19. The Hall–Kier alpha value is 0.270. The highest BCUT2D eigenvalue weighted by Crippen LogP contribution is 2.39. The Kier molecular flexibility index (Phi) is 5.19. The smallest absolute Gasteiger partial charge is 0.0666 e. The van der Waals surface area contributed by atoms with Crippen molar-refractivity contribution in [3.8, 4) is 0 Å². The van der Waals surface area contributed by atoms with Crippen LogP contribution in [0.15, 0.2) is 0 Å². The van der Waals surface area contributed by atoms with Crippen molar-refractivity contribution < 1.29 is 4.74 Å². The molecular formula is C14H27NOS. The molecule has 1 saturated heterocycles. The third-order valence-electron chi connectivity index (χ3n) is 4.30. The SMILES string of the molecule is CCCC1CCC(N)C(SC2CCOC2C)C1. The average molecular weight is 257 g/mol. The Morgan fingerprint density at radius 3 is 2.71 bits per heavy atom. The van der Waals surface area contributed by atoms with Crippen molar-refractivity contribution in [1.29, 1.82) is 0 Å². The first-order valence-electron chi connectivity index (χ1n) is 7.23. The van der Waals surface area contributed by atoms with Crippen LogP contribution in [0.1, 0.15) is 52.4 Å². The van der Waals surface area contributed by atoms with Gasteiger partial charge in [-0.3, -0.25) is 0 Å². The summed E-state index contributed by atoms with van der Waals surface area (Å²) < 4.78 is 5.65. The Morgan fingerprint density at radius 2 is 2.06 bits per heavy atom. The zero-order valence-electron chi connectivity index (χ0n) is 11.2. The standard InChI is InChI=1S/C14H27NOS/c1-3-4-11-5-6-12(15)14(9-11)17-13-7-8-16-10(13)2/h10-14H,3-9,15H2,1-2H3. The molecule has 2 N–H and O–H groups in total. The summed E-state index contributed by atoms with van der Waals surface area (Å²) in [6.07, 6.45) is 8.27. The Bertz CT molecular complexity index is 236. The van der Waals surface area contributed by atoms with Crippen molar-refractivity contribution in [2.75, 3.05) is 6.61 Å². The van der Waals surface area contributed by atoms with Crippen molar-refractivity contribution >= 4 is 11.8 Å². The van der Waals surface area contributed by atoms with Gasteiger partial charge in [-0.1, -0.05) is 19.8 Å². The second kappa shape index (κ2) is 6.44. The van der Waals surface area contributed by atoms with Crippen LogP contribution in [-0.2, 0) is 4.74 Å². The summed E-state index contributed by atoms with van der Waals surface area (Å²) in [6, 6.07) is 0.418. The molecule has 0 aromatic rings. The van der Waals surface area contributed by atoms with E-state index >= 15 is 0 Å². The van der Waals surface area contributed by atoms with Crippen LogP contribution in [0.4, 0.5) is 0 Å². The largest absolute Gasteiger partial charge is 0.377 e. The van der Waals surface area contributed by atoms with Crippen LogP contribution in [0.3, 0.4) is 0 Å². The van der Waals surface area contributed by atoms with Gasteiger partial charge in [0.05, 0.1) is 6.10 Å². The van der Waals surface area contributed by atoms with Gasteiger partial charge in [0.25, 0.3) is 0 Å². The molecule has 0 amide bonds. The predicted molar refractivity (Wildman–Crippen MR) is 75.4 cm³/mol. The van der Waals surface area contributed by atoms with Crippen LogP contribution >= 0.6 is 11.8 Å².